The first-order valence-electron chi connectivity index (χ1n) is 8.17. The second-order valence-electron chi connectivity index (χ2n) is 4.47. The number of thiophene rings is 1. The van der Waals surface area contributed by atoms with Crippen LogP contribution in [0.3, 0.4) is 0 Å². The van der Waals surface area contributed by atoms with E-state index in [1.807, 2.05) is 36.4 Å². The van der Waals surface area contributed by atoms with E-state index in [2.05, 4.69) is 22.0 Å². The smallest absolute Gasteiger partial charge is 0.0635 e. The molecule has 3 aromatic carbocycles. The van der Waals surface area contributed by atoms with Gasteiger partial charge in [-0.3, -0.25) is 0 Å². The first kappa shape index (κ1) is 8.60. The molecule has 20 heavy (non-hydrogen) atoms. The van der Waals surface area contributed by atoms with Crippen LogP contribution in [0.15, 0.2) is 71.1 Å². The Morgan fingerprint density at radius 2 is 1.60 bits per heavy atom. The van der Waals surface area contributed by atoms with Crippen LogP contribution >= 0.6 is 27.3 Å². The summed E-state index contributed by atoms with van der Waals surface area (Å²) in [5, 5.41) is 2.06. The monoisotopic (exact) mass is 342 g/mol. The van der Waals surface area contributed by atoms with Gasteiger partial charge in [0, 0.05) is 24.6 Å². The number of benzene rings is 3. The number of rotatable bonds is 1. The molecule has 0 spiro atoms. The summed E-state index contributed by atoms with van der Waals surface area (Å²) in [6.07, 6.45) is 0. The van der Waals surface area contributed by atoms with Gasteiger partial charge in [0.15, 0.2) is 0 Å². The van der Waals surface area contributed by atoms with Crippen LogP contribution in [0.25, 0.3) is 31.3 Å². The molecule has 0 aliphatic carbocycles. The summed E-state index contributed by atoms with van der Waals surface area (Å²) < 4.78 is 35.2. The van der Waals surface area contributed by atoms with Gasteiger partial charge in [-0.1, -0.05) is 58.3 Å². The van der Waals surface area contributed by atoms with Crippen molar-refractivity contribution in [2.24, 2.45) is 0 Å². The zero-order chi connectivity index (χ0) is 17.0. The molecule has 0 saturated heterocycles. The fourth-order valence-electron chi connectivity index (χ4n) is 2.41. The number of fused-ring (bicyclic) bond motifs is 3. The molecule has 0 N–H and O–H groups in total. The molecule has 0 nitrogen and oxygen atoms in total. The predicted molar refractivity (Wildman–Crippen MR) is 92.5 cm³/mol. The Bertz CT molecular complexity index is 1090. The molecular formula is C18H11BrS. The molecule has 0 amide bonds. The number of halogens is 1. The minimum absolute atomic E-state index is 0.0225. The minimum atomic E-state index is -0.0532. The maximum atomic E-state index is 8.33. The van der Waals surface area contributed by atoms with E-state index in [4.69, 9.17) is 5.48 Å². The van der Waals surface area contributed by atoms with E-state index < -0.39 is 0 Å². The summed E-state index contributed by atoms with van der Waals surface area (Å²) in [6, 6.07) is 13.7. The van der Waals surface area contributed by atoms with Crippen molar-refractivity contribution in [1.82, 2.24) is 0 Å². The van der Waals surface area contributed by atoms with Gasteiger partial charge in [-0.05, 0) is 35.3 Å². The standard InChI is InChI=1S/C18H11BrS/c19-13-10-8-12(9-11-13)14-5-3-7-17-18(14)15-4-1-2-6-16(15)20-17/h1-11H/i8D,9D,10D,11D. The van der Waals surface area contributed by atoms with Crippen molar-refractivity contribution in [2.75, 3.05) is 0 Å². The van der Waals surface area contributed by atoms with Crippen LogP contribution in [0, 0.1) is 0 Å². The number of hydrogen-bond donors (Lipinski definition) is 0. The second-order valence-corrected chi connectivity index (χ2v) is 6.34. The van der Waals surface area contributed by atoms with E-state index in [0.717, 1.165) is 25.7 Å². The van der Waals surface area contributed by atoms with Crippen molar-refractivity contribution >= 4 is 47.4 Å². The van der Waals surface area contributed by atoms with Crippen LogP contribution in [-0.4, -0.2) is 0 Å². The highest BCUT2D eigenvalue weighted by Crippen LogP contribution is 2.39. The quantitative estimate of drug-likeness (QED) is 0.371. The molecule has 1 heterocycles. The van der Waals surface area contributed by atoms with Crippen molar-refractivity contribution < 1.29 is 5.48 Å². The van der Waals surface area contributed by atoms with Gasteiger partial charge in [0.05, 0.1) is 5.48 Å². The van der Waals surface area contributed by atoms with Gasteiger partial charge in [0.25, 0.3) is 0 Å². The third-order valence-corrected chi connectivity index (χ3v) is 4.80. The molecule has 4 aromatic rings. The van der Waals surface area contributed by atoms with Crippen molar-refractivity contribution in [3.05, 3.63) is 71.1 Å². The molecular weight excluding hydrogens is 328 g/mol. The molecule has 0 aliphatic heterocycles. The highest BCUT2D eigenvalue weighted by molar-refractivity contribution is 9.10. The zero-order valence-corrected chi connectivity index (χ0v) is 12.7. The second kappa shape index (κ2) is 4.72. The van der Waals surface area contributed by atoms with E-state index in [-0.39, 0.29) is 28.6 Å². The Morgan fingerprint density at radius 3 is 2.45 bits per heavy atom. The van der Waals surface area contributed by atoms with E-state index in [9.17, 15) is 0 Å². The molecule has 96 valence electrons. The third-order valence-electron chi connectivity index (χ3n) is 3.27. The van der Waals surface area contributed by atoms with Crippen LogP contribution in [0.5, 0.6) is 0 Å². The lowest BCUT2D eigenvalue weighted by molar-refractivity contribution is 1.63. The fourth-order valence-corrected chi connectivity index (χ4v) is 3.75. The fraction of sp³-hybridized carbons (Fsp3) is 0. The Balaban J connectivity index is 2.20. The highest BCUT2D eigenvalue weighted by Gasteiger charge is 2.09. The molecule has 0 bridgehead atoms. The topological polar surface area (TPSA) is 0 Å². The van der Waals surface area contributed by atoms with Crippen LogP contribution in [0.2, 0.25) is 0 Å². The van der Waals surface area contributed by atoms with E-state index in [1.165, 1.54) is 0 Å². The van der Waals surface area contributed by atoms with Gasteiger partial charge in [-0.15, -0.1) is 11.3 Å². The van der Waals surface area contributed by atoms with Crippen LogP contribution in [0.1, 0.15) is 5.48 Å². The van der Waals surface area contributed by atoms with Gasteiger partial charge >= 0.3 is 0 Å². The predicted octanol–water partition coefficient (Wildman–Crippen LogP) is 6.48. The van der Waals surface area contributed by atoms with Gasteiger partial charge in [0.2, 0.25) is 0 Å². The summed E-state index contributed by atoms with van der Waals surface area (Å²) in [7, 11) is 0. The summed E-state index contributed by atoms with van der Waals surface area (Å²) in [5.74, 6) is 0. The Hall–Kier alpha value is -1.64. The molecule has 2 heteroatoms. The Kier molecular flexibility index (Phi) is 2.03. The molecule has 0 atom stereocenters. The van der Waals surface area contributed by atoms with Crippen LogP contribution in [-0.2, 0) is 0 Å². The molecule has 0 aliphatic rings. The molecule has 0 saturated carbocycles. The van der Waals surface area contributed by atoms with Crippen LogP contribution < -0.4 is 0 Å². The Labute approximate surface area is 135 Å². The van der Waals surface area contributed by atoms with Crippen molar-refractivity contribution in [2.45, 2.75) is 0 Å². The van der Waals surface area contributed by atoms with Gasteiger partial charge in [-0.2, -0.15) is 0 Å². The zero-order valence-electron chi connectivity index (χ0n) is 14.3. The molecule has 1 aromatic heterocycles. The first-order chi connectivity index (χ1) is 11.5. The molecule has 0 fully saturated rings. The Morgan fingerprint density at radius 1 is 0.850 bits per heavy atom. The van der Waals surface area contributed by atoms with E-state index in [0.29, 0.717) is 5.56 Å². The van der Waals surface area contributed by atoms with Gasteiger partial charge in [0.1, 0.15) is 0 Å². The normalized spacial score (nSPS) is 14.1. The van der Waals surface area contributed by atoms with Gasteiger partial charge < -0.3 is 0 Å². The van der Waals surface area contributed by atoms with E-state index in [1.54, 1.807) is 11.3 Å². The maximum absolute atomic E-state index is 8.33. The lowest BCUT2D eigenvalue weighted by atomic mass is 10.00. The number of hydrogen-bond acceptors (Lipinski definition) is 1. The van der Waals surface area contributed by atoms with E-state index >= 15 is 0 Å². The summed E-state index contributed by atoms with van der Waals surface area (Å²) in [5.41, 5.74) is 1.09. The lowest BCUT2D eigenvalue weighted by Gasteiger charge is -2.05. The average molecular weight is 343 g/mol. The summed E-state index contributed by atoms with van der Waals surface area (Å²) >= 11 is 4.82. The molecule has 0 unspecified atom stereocenters. The lowest BCUT2D eigenvalue weighted by Crippen LogP contribution is -1.79. The summed E-state index contributed by atoms with van der Waals surface area (Å²) in [6.45, 7) is 0. The first-order valence-corrected chi connectivity index (χ1v) is 7.78. The third kappa shape index (κ3) is 1.88. The minimum Gasteiger partial charge on any atom is -0.135 e. The largest absolute Gasteiger partial charge is 0.135 e. The molecule has 4 rings (SSSR count). The van der Waals surface area contributed by atoms with Crippen molar-refractivity contribution in [1.29, 1.82) is 0 Å². The van der Waals surface area contributed by atoms with Gasteiger partial charge in [-0.25, -0.2) is 0 Å². The van der Waals surface area contributed by atoms with Crippen molar-refractivity contribution in [3.8, 4) is 11.1 Å². The molecule has 0 radical (unpaired) electrons. The maximum Gasteiger partial charge on any atom is 0.0635 e. The average Bonchev–Trinajstić information content (AvgIpc) is 2.98. The highest BCUT2D eigenvalue weighted by atomic mass is 79.9. The van der Waals surface area contributed by atoms with Crippen molar-refractivity contribution in [3.63, 3.8) is 0 Å². The van der Waals surface area contributed by atoms with Crippen LogP contribution in [0.4, 0.5) is 0 Å². The summed E-state index contributed by atoms with van der Waals surface area (Å²) in [4.78, 5) is 0. The SMILES string of the molecule is [2H]c1c([2H])c(-c2cccc3sc4ccccc4c23)c([2H])c([2H])c1Br.